The van der Waals surface area contributed by atoms with Crippen LogP contribution >= 0.6 is 0 Å². The van der Waals surface area contributed by atoms with E-state index in [9.17, 15) is 9.90 Å². The third-order valence-corrected chi connectivity index (χ3v) is 3.22. The number of aliphatic carboxylic acids is 1. The first-order chi connectivity index (χ1) is 8.69. The molecule has 94 valence electrons. The van der Waals surface area contributed by atoms with E-state index in [2.05, 4.69) is 0 Å². The molecular formula is C15H16O3. The molecular weight excluding hydrogens is 228 g/mol. The van der Waals surface area contributed by atoms with Gasteiger partial charge in [-0.3, -0.25) is 4.79 Å². The van der Waals surface area contributed by atoms with Crippen molar-refractivity contribution in [1.82, 2.24) is 0 Å². The molecule has 0 radical (unpaired) electrons. The molecule has 18 heavy (non-hydrogen) atoms. The molecule has 2 rings (SSSR count). The Labute approximate surface area is 106 Å². The lowest BCUT2D eigenvalue weighted by atomic mass is 9.91. The van der Waals surface area contributed by atoms with Crippen molar-refractivity contribution in [3.05, 3.63) is 42.0 Å². The van der Waals surface area contributed by atoms with Crippen molar-refractivity contribution < 1.29 is 14.6 Å². The van der Waals surface area contributed by atoms with Gasteiger partial charge in [0.25, 0.3) is 0 Å². The van der Waals surface area contributed by atoms with E-state index < -0.39 is 11.9 Å². The number of carboxylic acid groups (broad SMARTS) is 1. The quantitative estimate of drug-likeness (QED) is 0.896. The lowest BCUT2D eigenvalue weighted by Gasteiger charge is -2.15. The molecule has 0 aromatic heterocycles. The van der Waals surface area contributed by atoms with Crippen molar-refractivity contribution >= 4 is 16.7 Å². The summed E-state index contributed by atoms with van der Waals surface area (Å²) in [4.78, 5) is 11.3. The molecule has 3 nitrogen and oxygen atoms in total. The minimum absolute atomic E-state index is 0.471. The van der Waals surface area contributed by atoms with E-state index in [1.807, 2.05) is 43.3 Å². The fourth-order valence-corrected chi connectivity index (χ4v) is 2.30. The Kier molecular flexibility index (Phi) is 3.51. The second kappa shape index (κ2) is 5.08. The van der Waals surface area contributed by atoms with Crippen LogP contribution in [0.25, 0.3) is 10.8 Å². The number of hydrogen-bond acceptors (Lipinski definition) is 2. The average molecular weight is 244 g/mol. The second-order valence-corrected chi connectivity index (χ2v) is 4.20. The lowest BCUT2D eigenvalue weighted by molar-refractivity contribution is -0.138. The Morgan fingerprint density at radius 2 is 1.89 bits per heavy atom. The smallest absolute Gasteiger partial charge is 0.310 e. The number of carbonyl (C=O) groups is 1. The summed E-state index contributed by atoms with van der Waals surface area (Å²) < 4.78 is 5.31. The number of fused-ring (bicyclic) bond motifs is 1. The Bertz CT molecular complexity index is 575. The Hall–Kier alpha value is -2.03. The van der Waals surface area contributed by atoms with Gasteiger partial charge in [0, 0.05) is 5.39 Å². The SMILES string of the molecule is CCC(C(=O)O)c1ccc(OC)c2ccccc12. The van der Waals surface area contributed by atoms with Gasteiger partial charge in [-0.2, -0.15) is 0 Å². The summed E-state index contributed by atoms with van der Waals surface area (Å²) in [5, 5.41) is 11.2. The van der Waals surface area contributed by atoms with Crippen LogP contribution in [0.3, 0.4) is 0 Å². The van der Waals surface area contributed by atoms with Crippen LogP contribution in [0, 0.1) is 0 Å². The Balaban J connectivity index is 2.69. The topological polar surface area (TPSA) is 46.5 Å². The summed E-state index contributed by atoms with van der Waals surface area (Å²) in [5.74, 6) is -0.483. The van der Waals surface area contributed by atoms with Crippen LogP contribution in [0.5, 0.6) is 5.75 Å². The van der Waals surface area contributed by atoms with Crippen LogP contribution in [0.1, 0.15) is 24.8 Å². The first-order valence-corrected chi connectivity index (χ1v) is 5.97. The number of carboxylic acids is 1. The average Bonchev–Trinajstić information content (AvgIpc) is 2.39. The summed E-state index contributed by atoms with van der Waals surface area (Å²) in [7, 11) is 1.62. The van der Waals surface area contributed by atoms with Gasteiger partial charge in [-0.15, -0.1) is 0 Å². The third kappa shape index (κ3) is 2.04. The van der Waals surface area contributed by atoms with Gasteiger partial charge in [0.2, 0.25) is 0 Å². The third-order valence-electron chi connectivity index (χ3n) is 3.22. The summed E-state index contributed by atoms with van der Waals surface area (Å²) in [6, 6.07) is 11.4. The largest absolute Gasteiger partial charge is 0.496 e. The number of rotatable bonds is 4. The fourth-order valence-electron chi connectivity index (χ4n) is 2.30. The molecule has 0 spiro atoms. The monoisotopic (exact) mass is 244 g/mol. The normalized spacial score (nSPS) is 12.3. The molecule has 0 aliphatic heterocycles. The summed E-state index contributed by atoms with van der Waals surface area (Å²) in [6.45, 7) is 1.89. The maximum Gasteiger partial charge on any atom is 0.310 e. The molecule has 3 heteroatoms. The van der Waals surface area contributed by atoms with Crippen LogP contribution in [0.15, 0.2) is 36.4 Å². The molecule has 0 aliphatic rings. The highest BCUT2D eigenvalue weighted by molar-refractivity contribution is 5.94. The van der Waals surface area contributed by atoms with Crippen molar-refractivity contribution in [2.45, 2.75) is 19.3 Å². The highest BCUT2D eigenvalue weighted by Gasteiger charge is 2.20. The summed E-state index contributed by atoms with van der Waals surface area (Å²) in [6.07, 6.45) is 0.575. The maximum atomic E-state index is 11.3. The van der Waals surface area contributed by atoms with E-state index >= 15 is 0 Å². The van der Waals surface area contributed by atoms with Crippen LogP contribution in [-0.4, -0.2) is 18.2 Å². The van der Waals surface area contributed by atoms with Gasteiger partial charge >= 0.3 is 5.97 Å². The van der Waals surface area contributed by atoms with Gasteiger partial charge in [-0.25, -0.2) is 0 Å². The predicted molar refractivity (Wildman–Crippen MR) is 71.2 cm³/mol. The standard InChI is InChI=1S/C15H16O3/c1-3-10(15(16)17)12-8-9-14(18-2)13-7-5-4-6-11(12)13/h4-10H,3H2,1-2H3,(H,16,17). The summed E-state index contributed by atoms with van der Waals surface area (Å²) in [5.41, 5.74) is 0.849. The number of hydrogen-bond donors (Lipinski definition) is 1. The Morgan fingerprint density at radius 1 is 1.22 bits per heavy atom. The molecule has 1 atom stereocenters. The molecule has 0 heterocycles. The van der Waals surface area contributed by atoms with E-state index in [4.69, 9.17) is 4.74 Å². The van der Waals surface area contributed by atoms with E-state index in [1.165, 1.54) is 0 Å². The van der Waals surface area contributed by atoms with Crippen LogP contribution in [-0.2, 0) is 4.79 Å². The summed E-state index contributed by atoms with van der Waals surface area (Å²) >= 11 is 0. The molecule has 1 N–H and O–H groups in total. The van der Waals surface area contributed by atoms with Crippen molar-refractivity contribution in [2.24, 2.45) is 0 Å². The van der Waals surface area contributed by atoms with Gasteiger partial charge in [-0.05, 0) is 23.4 Å². The molecule has 2 aromatic rings. The molecule has 0 amide bonds. The zero-order valence-corrected chi connectivity index (χ0v) is 10.5. The van der Waals surface area contributed by atoms with Gasteiger partial charge in [0.1, 0.15) is 5.75 Å². The van der Waals surface area contributed by atoms with Crippen LogP contribution in [0.4, 0.5) is 0 Å². The van der Waals surface area contributed by atoms with E-state index in [-0.39, 0.29) is 0 Å². The van der Waals surface area contributed by atoms with E-state index in [0.29, 0.717) is 6.42 Å². The zero-order chi connectivity index (χ0) is 13.1. The Morgan fingerprint density at radius 3 is 2.44 bits per heavy atom. The first kappa shape index (κ1) is 12.4. The van der Waals surface area contributed by atoms with Gasteiger partial charge in [0.15, 0.2) is 0 Å². The van der Waals surface area contributed by atoms with Crippen molar-refractivity contribution in [3.8, 4) is 5.75 Å². The van der Waals surface area contributed by atoms with Gasteiger partial charge in [0.05, 0.1) is 13.0 Å². The molecule has 0 saturated carbocycles. The number of benzene rings is 2. The molecule has 1 unspecified atom stereocenters. The van der Waals surface area contributed by atoms with Crippen molar-refractivity contribution in [2.75, 3.05) is 7.11 Å². The molecule has 0 fully saturated rings. The number of methoxy groups -OCH3 is 1. The zero-order valence-electron chi connectivity index (χ0n) is 10.5. The van der Waals surface area contributed by atoms with E-state index in [0.717, 1.165) is 22.1 Å². The minimum Gasteiger partial charge on any atom is -0.496 e. The minimum atomic E-state index is -0.784. The number of ether oxygens (including phenoxy) is 1. The molecule has 0 saturated heterocycles. The van der Waals surface area contributed by atoms with Crippen LogP contribution in [0.2, 0.25) is 0 Å². The molecule has 0 aliphatic carbocycles. The van der Waals surface area contributed by atoms with Gasteiger partial charge < -0.3 is 9.84 Å². The molecule has 0 bridgehead atoms. The first-order valence-electron chi connectivity index (χ1n) is 5.97. The highest BCUT2D eigenvalue weighted by Crippen LogP contribution is 2.33. The second-order valence-electron chi connectivity index (χ2n) is 4.20. The molecule has 2 aromatic carbocycles. The maximum absolute atomic E-state index is 11.3. The van der Waals surface area contributed by atoms with Gasteiger partial charge in [-0.1, -0.05) is 37.3 Å². The highest BCUT2D eigenvalue weighted by atomic mass is 16.5. The van der Waals surface area contributed by atoms with Crippen LogP contribution < -0.4 is 4.74 Å². The fraction of sp³-hybridized carbons (Fsp3) is 0.267. The van der Waals surface area contributed by atoms with Crippen molar-refractivity contribution in [3.63, 3.8) is 0 Å². The predicted octanol–water partition coefficient (Wildman–Crippen LogP) is 3.43. The van der Waals surface area contributed by atoms with Crippen molar-refractivity contribution in [1.29, 1.82) is 0 Å². The lowest BCUT2D eigenvalue weighted by Crippen LogP contribution is -2.11. The van der Waals surface area contributed by atoms with E-state index in [1.54, 1.807) is 7.11 Å².